The van der Waals surface area contributed by atoms with Gasteiger partial charge in [-0.3, -0.25) is 9.59 Å². The van der Waals surface area contributed by atoms with Gasteiger partial charge >= 0.3 is 12.1 Å². The molecule has 0 spiro atoms. The van der Waals surface area contributed by atoms with E-state index in [9.17, 15) is 22.8 Å². The van der Waals surface area contributed by atoms with Crippen LogP contribution in [-0.4, -0.2) is 23.1 Å². The Morgan fingerprint density at radius 1 is 0.963 bits per heavy atom. The second-order valence-electron chi connectivity index (χ2n) is 6.24. The molecule has 2 aromatic carbocycles. The van der Waals surface area contributed by atoms with Crippen molar-refractivity contribution in [1.82, 2.24) is 0 Å². The number of benzene rings is 2. The summed E-state index contributed by atoms with van der Waals surface area (Å²) in [5.41, 5.74) is 0.700. The maximum Gasteiger partial charge on any atom is 0.416 e. The SMILES string of the molecule is O=C1OC(CCc2ccccc2)C(=O)C1SCc1cccc(C(F)(F)F)c1. The molecule has 2 unspecified atom stereocenters. The van der Waals surface area contributed by atoms with Crippen LogP contribution in [0.4, 0.5) is 13.2 Å². The minimum atomic E-state index is -4.43. The number of hydrogen-bond acceptors (Lipinski definition) is 4. The van der Waals surface area contributed by atoms with Gasteiger partial charge < -0.3 is 4.74 Å². The molecule has 2 aromatic rings. The molecule has 1 heterocycles. The minimum absolute atomic E-state index is 0.126. The molecule has 0 aliphatic carbocycles. The van der Waals surface area contributed by atoms with Gasteiger partial charge in [-0.05, 0) is 30.0 Å². The number of Topliss-reactive ketones (excluding diaryl/α,β-unsaturated/α-hetero) is 1. The van der Waals surface area contributed by atoms with Gasteiger partial charge in [0.15, 0.2) is 17.1 Å². The number of carbonyl (C=O) groups is 2. The maximum absolute atomic E-state index is 12.8. The van der Waals surface area contributed by atoms with E-state index < -0.39 is 29.1 Å². The molecule has 0 saturated carbocycles. The van der Waals surface area contributed by atoms with Crippen LogP contribution >= 0.6 is 11.8 Å². The van der Waals surface area contributed by atoms with Crippen molar-refractivity contribution in [2.24, 2.45) is 0 Å². The number of cyclic esters (lactones) is 1. The summed E-state index contributed by atoms with van der Waals surface area (Å²) < 4.78 is 43.5. The van der Waals surface area contributed by atoms with Gasteiger partial charge in [0.2, 0.25) is 0 Å². The lowest BCUT2D eigenvalue weighted by molar-refractivity contribution is -0.142. The number of aryl methyl sites for hydroxylation is 1. The highest BCUT2D eigenvalue weighted by Gasteiger charge is 2.43. The molecule has 0 bridgehead atoms. The van der Waals surface area contributed by atoms with E-state index in [1.807, 2.05) is 30.3 Å². The summed E-state index contributed by atoms with van der Waals surface area (Å²) in [5.74, 6) is -0.802. The Kier molecular flexibility index (Phi) is 5.89. The lowest BCUT2D eigenvalue weighted by Gasteiger charge is -2.09. The number of alkyl halides is 3. The Bertz CT molecular complexity index is 821. The van der Waals surface area contributed by atoms with Gasteiger partial charge in [0.05, 0.1) is 5.56 Å². The molecule has 27 heavy (non-hydrogen) atoms. The smallest absolute Gasteiger partial charge is 0.416 e. The highest BCUT2D eigenvalue weighted by Crippen LogP contribution is 2.32. The summed E-state index contributed by atoms with van der Waals surface area (Å²) in [4.78, 5) is 24.4. The van der Waals surface area contributed by atoms with Crippen LogP contribution in [0.25, 0.3) is 0 Å². The first-order chi connectivity index (χ1) is 12.8. The standard InChI is InChI=1S/C20H17F3O3S/c21-20(22,23)15-8-4-7-14(11-15)12-27-18-17(24)16(26-19(18)25)10-9-13-5-2-1-3-6-13/h1-8,11,16,18H,9-10,12H2. The van der Waals surface area contributed by atoms with E-state index in [1.54, 1.807) is 6.07 Å². The van der Waals surface area contributed by atoms with E-state index in [4.69, 9.17) is 4.74 Å². The Labute approximate surface area is 158 Å². The molecule has 0 aromatic heterocycles. The van der Waals surface area contributed by atoms with Crippen molar-refractivity contribution in [3.05, 3.63) is 71.3 Å². The zero-order valence-electron chi connectivity index (χ0n) is 14.2. The number of ketones is 1. The van der Waals surface area contributed by atoms with Crippen LogP contribution < -0.4 is 0 Å². The predicted molar refractivity (Wildman–Crippen MR) is 96.2 cm³/mol. The van der Waals surface area contributed by atoms with Crippen molar-refractivity contribution >= 4 is 23.5 Å². The Morgan fingerprint density at radius 3 is 2.37 bits per heavy atom. The Hall–Kier alpha value is -2.28. The number of hydrogen-bond donors (Lipinski definition) is 0. The van der Waals surface area contributed by atoms with E-state index in [1.165, 1.54) is 6.07 Å². The van der Waals surface area contributed by atoms with Gasteiger partial charge in [0.1, 0.15) is 0 Å². The summed E-state index contributed by atoms with van der Waals surface area (Å²) in [7, 11) is 0. The molecule has 0 radical (unpaired) electrons. The highest BCUT2D eigenvalue weighted by molar-refractivity contribution is 8.00. The lowest BCUT2D eigenvalue weighted by atomic mass is 10.0. The van der Waals surface area contributed by atoms with Crippen molar-refractivity contribution < 1.29 is 27.5 Å². The van der Waals surface area contributed by atoms with E-state index >= 15 is 0 Å². The molecule has 1 aliphatic heterocycles. The first-order valence-electron chi connectivity index (χ1n) is 8.40. The predicted octanol–water partition coefficient (Wildman–Crippen LogP) is 4.43. The number of thioether (sulfide) groups is 1. The molecular weight excluding hydrogens is 377 g/mol. The molecule has 3 nitrogen and oxygen atoms in total. The molecule has 1 saturated heterocycles. The van der Waals surface area contributed by atoms with Crippen molar-refractivity contribution in [3.63, 3.8) is 0 Å². The van der Waals surface area contributed by atoms with Crippen molar-refractivity contribution in [1.29, 1.82) is 0 Å². The summed E-state index contributed by atoms with van der Waals surface area (Å²) in [6.45, 7) is 0. The highest BCUT2D eigenvalue weighted by atomic mass is 32.2. The van der Waals surface area contributed by atoms with E-state index in [2.05, 4.69) is 0 Å². The van der Waals surface area contributed by atoms with E-state index in [0.717, 1.165) is 29.5 Å². The van der Waals surface area contributed by atoms with E-state index in [-0.39, 0.29) is 11.5 Å². The summed E-state index contributed by atoms with van der Waals surface area (Å²) in [5, 5.41) is -0.986. The Balaban J connectivity index is 1.58. The van der Waals surface area contributed by atoms with Crippen LogP contribution in [0.3, 0.4) is 0 Å². The van der Waals surface area contributed by atoms with Gasteiger partial charge in [0.25, 0.3) is 0 Å². The fourth-order valence-electron chi connectivity index (χ4n) is 2.86. The van der Waals surface area contributed by atoms with Crippen LogP contribution in [0.2, 0.25) is 0 Å². The number of carbonyl (C=O) groups excluding carboxylic acids is 2. The van der Waals surface area contributed by atoms with Crippen LogP contribution in [-0.2, 0) is 32.7 Å². The van der Waals surface area contributed by atoms with Gasteiger partial charge in [-0.2, -0.15) is 13.2 Å². The molecule has 7 heteroatoms. The normalized spacial score (nSPS) is 20.0. The summed E-state index contributed by atoms with van der Waals surface area (Å²) in [6.07, 6.45) is -4.22. The molecule has 3 rings (SSSR count). The average Bonchev–Trinajstić information content (AvgIpc) is 2.92. The van der Waals surface area contributed by atoms with Crippen molar-refractivity contribution in [2.75, 3.05) is 0 Å². The van der Waals surface area contributed by atoms with Gasteiger partial charge in [0, 0.05) is 5.75 Å². The second kappa shape index (κ2) is 8.17. The minimum Gasteiger partial charge on any atom is -0.453 e. The third-order valence-electron chi connectivity index (χ3n) is 4.26. The zero-order valence-corrected chi connectivity index (χ0v) is 15.1. The summed E-state index contributed by atoms with van der Waals surface area (Å²) >= 11 is 1.01. The number of halogens is 3. The van der Waals surface area contributed by atoms with Gasteiger partial charge in [-0.25, -0.2) is 0 Å². The number of ether oxygens (including phenoxy) is 1. The van der Waals surface area contributed by atoms with Crippen LogP contribution in [0.5, 0.6) is 0 Å². The van der Waals surface area contributed by atoms with Gasteiger partial charge in [-0.15, -0.1) is 11.8 Å². The molecule has 0 amide bonds. The maximum atomic E-state index is 12.8. The molecule has 142 valence electrons. The van der Waals surface area contributed by atoms with Gasteiger partial charge in [-0.1, -0.05) is 48.5 Å². The van der Waals surface area contributed by atoms with Crippen molar-refractivity contribution in [2.45, 2.75) is 36.1 Å². The quantitative estimate of drug-likeness (QED) is 0.537. The monoisotopic (exact) mass is 394 g/mol. The largest absolute Gasteiger partial charge is 0.453 e. The molecular formula is C20H17F3O3S. The third-order valence-corrected chi connectivity index (χ3v) is 5.52. The fourth-order valence-corrected chi connectivity index (χ4v) is 3.90. The second-order valence-corrected chi connectivity index (χ2v) is 7.33. The molecule has 1 fully saturated rings. The zero-order chi connectivity index (χ0) is 19.4. The van der Waals surface area contributed by atoms with Crippen LogP contribution in [0, 0.1) is 0 Å². The Morgan fingerprint density at radius 2 is 1.67 bits per heavy atom. The molecule has 0 N–H and O–H groups in total. The first-order valence-corrected chi connectivity index (χ1v) is 9.45. The lowest BCUT2D eigenvalue weighted by Crippen LogP contribution is -2.23. The average molecular weight is 394 g/mol. The topological polar surface area (TPSA) is 43.4 Å². The van der Waals surface area contributed by atoms with E-state index in [0.29, 0.717) is 18.4 Å². The number of rotatable bonds is 6. The number of esters is 1. The summed E-state index contributed by atoms with van der Waals surface area (Å²) in [6, 6.07) is 14.4. The molecule has 2 atom stereocenters. The third kappa shape index (κ3) is 4.91. The fraction of sp³-hybridized carbons (Fsp3) is 0.300. The van der Waals surface area contributed by atoms with Crippen LogP contribution in [0.1, 0.15) is 23.1 Å². The molecule has 1 aliphatic rings. The first kappa shape index (κ1) is 19.5. The van der Waals surface area contributed by atoms with Crippen molar-refractivity contribution in [3.8, 4) is 0 Å². The van der Waals surface area contributed by atoms with Crippen LogP contribution in [0.15, 0.2) is 54.6 Å².